The van der Waals surface area contributed by atoms with E-state index in [4.69, 9.17) is 27.6 Å². The smallest absolute Gasteiger partial charge is 0.282 e. The van der Waals surface area contributed by atoms with Crippen LogP contribution < -0.4 is 5.56 Å². The number of phenolic OH excluding ortho intramolecular Hbond substituents is 1. The maximum atomic E-state index is 13.3. The van der Waals surface area contributed by atoms with E-state index in [-0.39, 0.29) is 17.1 Å². The van der Waals surface area contributed by atoms with E-state index >= 15 is 0 Å². The molecular weight excluding hydrogens is 517 g/mol. The van der Waals surface area contributed by atoms with Crippen molar-refractivity contribution in [2.24, 2.45) is 5.10 Å². The van der Waals surface area contributed by atoms with E-state index in [1.165, 1.54) is 12.3 Å². The Hall–Kier alpha value is -3.13. The van der Waals surface area contributed by atoms with Gasteiger partial charge in [-0.05, 0) is 64.5 Å². The Kier molecular flexibility index (Phi) is 5.25. The molecule has 0 spiro atoms. The van der Waals surface area contributed by atoms with Gasteiger partial charge in [0.1, 0.15) is 11.3 Å². The second-order valence-corrected chi connectivity index (χ2v) is 8.66. The predicted octanol–water partition coefficient (Wildman–Crippen LogP) is 6.47. The first-order valence-corrected chi connectivity index (χ1v) is 10.9. The summed E-state index contributed by atoms with van der Waals surface area (Å²) in [4.78, 5) is 17.9. The van der Waals surface area contributed by atoms with Crippen molar-refractivity contribution in [2.45, 2.75) is 0 Å². The zero-order valence-electron chi connectivity index (χ0n) is 16.1. The summed E-state index contributed by atoms with van der Waals surface area (Å²) in [5.41, 5.74) is 1.04. The minimum Gasteiger partial charge on any atom is -0.506 e. The first-order chi connectivity index (χ1) is 15.4. The molecule has 0 saturated carbocycles. The van der Waals surface area contributed by atoms with Crippen LogP contribution >= 0.6 is 39.1 Å². The molecule has 9 heteroatoms. The van der Waals surface area contributed by atoms with Crippen LogP contribution in [-0.2, 0) is 0 Å². The summed E-state index contributed by atoms with van der Waals surface area (Å²) in [7, 11) is 0. The second kappa shape index (κ2) is 8.09. The molecule has 0 fully saturated rings. The first-order valence-electron chi connectivity index (χ1n) is 9.34. The van der Waals surface area contributed by atoms with Crippen molar-refractivity contribution in [1.29, 1.82) is 0 Å². The van der Waals surface area contributed by atoms with Gasteiger partial charge in [0.25, 0.3) is 5.56 Å². The highest BCUT2D eigenvalue weighted by Gasteiger charge is 2.17. The third kappa shape index (κ3) is 3.68. The van der Waals surface area contributed by atoms with Gasteiger partial charge in [0.05, 0.1) is 21.6 Å². The Morgan fingerprint density at radius 2 is 1.88 bits per heavy atom. The van der Waals surface area contributed by atoms with Crippen LogP contribution in [-0.4, -0.2) is 21.0 Å². The number of fused-ring (bicyclic) bond motifs is 2. The number of nitrogens with zero attached hydrogens (tertiary/aromatic N) is 3. The van der Waals surface area contributed by atoms with Crippen molar-refractivity contribution in [2.75, 3.05) is 0 Å². The Morgan fingerprint density at radius 3 is 2.72 bits per heavy atom. The number of aromatic nitrogens is 2. The van der Waals surface area contributed by atoms with Crippen molar-refractivity contribution in [3.05, 3.63) is 91.1 Å². The fourth-order valence-electron chi connectivity index (χ4n) is 3.32. The zero-order chi connectivity index (χ0) is 22.4. The summed E-state index contributed by atoms with van der Waals surface area (Å²) in [6, 6.07) is 17.0. The Bertz CT molecular complexity index is 1610. The van der Waals surface area contributed by atoms with Gasteiger partial charge >= 0.3 is 0 Å². The van der Waals surface area contributed by atoms with Crippen LogP contribution in [0.25, 0.3) is 33.5 Å². The number of furan rings is 1. The summed E-state index contributed by atoms with van der Waals surface area (Å²) in [5, 5.41) is 16.8. The minimum atomic E-state index is -0.388. The van der Waals surface area contributed by atoms with Crippen molar-refractivity contribution in [3.8, 4) is 17.3 Å². The monoisotopic (exact) mass is 527 g/mol. The van der Waals surface area contributed by atoms with Gasteiger partial charge in [-0.1, -0.05) is 35.3 Å². The molecule has 158 valence electrons. The van der Waals surface area contributed by atoms with Crippen LogP contribution in [0.2, 0.25) is 10.0 Å². The van der Waals surface area contributed by atoms with E-state index in [0.717, 1.165) is 10.1 Å². The summed E-state index contributed by atoms with van der Waals surface area (Å²) >= 11 is 15.4. The molecule has 3 aromatic carbocycles. The van der Waals surface area contributed by atoms with Gasteiger partial charge in [-0.15, -0.1) is 0 Å². The molecule has 0 bridgehead atoms. The fourth-order valence-corrected chi connectivity index (χ4v) is 4.33. The van der Waals surface area contributed by atoms with Crippen LogP contribution in [0.3, 0.4) is 0 Å². The van der Waals surface area contributed by atoms with Crippen LogP contribution in [0.4, 0.5) is 0 Å². The highest BCUT2D eigenvalue weighted by molar-refractivity contribution is 9.10. The standard InChI is InChI=1S/C23H12BrCl2N3O3/c24-17-10-15(26)8-13(21(17)30)11-27-29-22(28-18-4-2-1-3-16(18)23(29)31)20-9-12-7-14(25)5-6-19(12)32-20/h1-11,30H. The normalized spacial score (nSPS) is 11.7. The van der Waals surface area contributed by atoms with Crippen molar-refractivity contribution in [1.82, 2.24) is 9.66 Å². The molecular formula is C23H12BrCl2N3O3. The van der Waals surface area contributed by atoms with E-state index in [0.29, 0.717) is 42.3 Å². The molecule has 0 atom stereocenters. The maximum Gasteiger partial charge on any atom is 0.282 e. The Balaban J connectivity index is 1.75. The fraction of sp³-hybridized carbons (Fsp3) is 0. The SMILES string of the molecule is O=c1c2ccccc2nc(-c2cc3cc(Cl)ccc3o2)n1N=Cc1cc(Cl)cc(Br)c1O. The van der Waals surface area contributed by atoms with Crippen molar-refractivity contribution < 1.29 is 9.52 Å². The molecule has 5 rings (SSSR count). The van der Waals surface area contributed by atoms with Crippen molar-refractivity contribution in [3.63, 3.8) is 0 Å². The molecule has 2 aromatic heterocycles. The van der Waals surface area contributed by atoms with Gasteiger partial charge in [0.2, 0.25) is 5.82 Å². The minimum absolute atomic E-state index is 0.0557. The van der Waals surface area contributed by atoms with Crippen LogP contribution in [0, 0.1) is 0 Å². The van der Waals surface area contributed by atoms with Gasteiger partial charge < -0.3 is 9.52 Å². The molecule has 0 amide bonds. The summed E-state index contributed by atoms with van der Waals surface area (Å²) in [5.74, 6) is 0.497. The number of phenols is 1. The molecule has 6 nitrogen and oxygen atoms in total. The molecule has 2 heterocycles. The molecule has 0 aliphatic heterocycles. The van der Waals surface area contributed by atoms with E-state index in [1.807, 2.05) is 0 Å². The number of halogens is 3. The average Bonchev–Trinajstić information content (AvgIpc) is 3.19. The zero-order valence-corrected chi connectivity index (χ0v) is 19.2. The largest absolute Gasteiger partial charge is 0.506 e. The van der Waals surface area contributed by atoms with E-state index in [9.17, 15) is 9.90 Å². The average molecular weight is 529 g/mol. The molecule has 0 unspecified atom stereocenters. The first kappa shape index (κ1) is 20.8. The number of para-hydroxylation sites is 1. The van der Waals surface area contributed by atoms with E-state index in [1.54, 1.807) is 54.6 Å². The molecule has 0 saturated heterocycles. The Morgan fingerprint density at radius 1 is 1.06 bits per heavy atom. The lowest BCUT2D eigenvalue weighted by Gasteiger charge is -2.08. The van der Waals surface area contributed by atoms with Gasteiger partial charge in [-0.3, -0.25) is 4.79 Å². The Labute approximate surface area is 199 Å². The van der Waals surface area contributed by atoms with Crippen LogP contribution in [0.1, 0.15) is 5.56 Å². The molecule has 0 aliphatic carbocycles. The molecule has 5 aromatic rings. The van der Waals surface area contributed by atoms with E-state index < -0.39 is 0 Å². The van der Waals surface area contributed by atoms with Crippen molar-refractivity contribution >= 4 is 67.2 Å². The molecule has 32 heavy (non-hydrogen) atoms. The third-order valence-electron chi connectivity index (χ3n) is 4.82. The summed E-state index contributed by atoms with van der Waals surface area (Å²) in [6.45, 7) is 0. The summed E-state index contributed by atoms with van der Waals surface area (Å²) in [6.07, 6.45) is 1.34. The molecule has 0 radical (unpaired) electrons. The lowest BCUT2D eigenvalue weighted by Crippen LogP contribution is -2.20. The lowest BCUT2D eigenvalue weighted by atomic mass is 10.2. The molecule has 1 N–H and O–H groups in total. The highest BCUT2D eigenvalue weighted by atomic mass is 79.9. The number of benzene rings is 3. The second-order valence-electron chi connectivity index (χ2n) is 6.93. The number of hydrogen-bond donors (Lipinski definition) is 1. The topological polar surface area (TPSA) is 80.6 Å². The van der Waals surface area contributed by atoms with Crippen LogP contribution in [0.15, 0.2) is 79.4 Å². The number of aromatic hydroxyl groups is 1. The maximum absolute atomic E-state index is 13.3. The van der Waals surface area contributed by atoms with Crippen LogP contribution in [0.5, 0.6) is 5.75 Å². The predicted molar refractivity (Wildman–Crippen MR) is 130 cm³/mol. The van der Waals surface area contributed by atoms with Gasteiger partial charge in [-0.25, -0.2) is 4.98 Å². The van der Waals surface area contributed by atoms with E-state index in [2.05, 4.69) is 26.0 Å². The highest BCUT2D eigenvalue weighted by Crippen LogP contribution is 2.31. The number of hydrogen-bond acceptors (Lipinski definition) is 5. The third-order valence-corrected chi connectivity index (χ3v) is 5.88. The van der Waals surface area contributed by atoms with Gasteiger partial charge in [0, 0.05) is 21.0 Å². The lowest BCUT2D eigenvalue weighted by molar-refractivity contribution is 0.471. The van der Waals surface area contributed by atoms with Gasteiger partial charge in [-0.2, -0.15) is 9.78 Å². The quantitative estimate of drug-likeness (QED) is 0.272. The molecule has 0 aliphatic rings. The number of rotatable bonds is 3. The van der Waals surface area contributed by atoms with Gasteiger partial charge in [0.15, 0.2) is 5.76 Å². The summed E-state index contributed by atoms with van der Waals surface area (Å²) < 4.78 is 7.48.